The molecule has 4 heteroatoms. The molecule has 0 aromatic carbocycles. The SMILES string of the molecule is C[C@H](O)c1ccnc(N2CCC(CN(C)C)CC2)c1. The van der Waals surface area contributed by atoms with Crippen LogP contribution in [0.15, 0.2) is 18.3 Å². The summed E-state index contributed by atoms with van der Waals surface area (Å²) in [5, 5.41) is 9.64. The molecule has 1 atom stereocenters. The number of hydrogen-bond acceptors (Lipinski definition) is 4. The van der Waals surface area contributed by atoms with Crippen LogP contribution in [0.3, 0.4) is 0 Å². The van der Waals surface area contributed by atoms with E-state index in [1.54, 1.807) is 13.1 Å². The molecule has 1 aliphatic rings. The van der Waals surface area contributed by atoms with Crippen LogP contribution in [0, 0.1) is 5.92 Å². The highest BCUT2D eigenvalue weighted by atomic mass is 16.3. The highest BCUT2D eigenvalue weighted by Crippen LogP contribution is 2.24. The van der Waals surface area contributed by atoms with E-state index < -0.39 is 6.10 Å². The van der Waals surface area contributed by atoms with Gasteiger partial charge in [0, 0.05) is 25.8 Å². The van der Waals surface area contributed by atoms with Crippen molar-refractivity contribution in [3.05, 3.63) is 23.9 Å². The summed E-state index contributed by atoms with van der Waals surface area (Å²) in [4.78, 5) is 9.04. The molecule has 19 heavy (non-hydrogen) atoms. The van der Waals surface area contributed by atoms with E-state index in [9.17, 15) is 5.11 Å². The lowest BCUT2D eigenvalue weighted by Crippen LogP contribution is -2.37. The van der Waals surface area contributed by atoms with Gasteiger partial charge in [-0.25, -0.2) is 4.98 Å². The molecule has 0 aliphatic carbocycles. The Kier molecular flexibility index (Phi) is 4.77. The number of anilines is 1. The van der Waals surface area contributed by atoms with Crippen LogP contribution in [0.5, 0.6) is 0 Å². The van der Waals surface area contributed by atoms with Gasteiger partial charge in [-0.05, 0) is 57.5 Å². The molecule has 1 saturated heterocycles. The van der Waals surface area contributed by atoms with Crippen molar-refractivity contribution in [3.63, 3.8) is 0 Å². The van der Waals surface area contributed by atoms with Crippen molar-refractivity contribution in [2.24, 2.45) is 5.92 Å². The maximum Gasteiger partial charge on any atom is 0.128 e. The van der Waals surface area contributed by atoms with Crippen molar-refractivity contribution >= 4 is 5.82 Å². The molecule has 1 aromatic heterocycles. The molecule has 0 saturated carbocycles. The van der Waals surface area contributed by atoms with E-state index >= 15 is 0 Å². The van der Waals surface area contributed by atoms with Gasteiger partial charge in [0.05, 0.1) is 6.10 Å². The monoisotopic (exact) mass is 263 g/mol. The van der Waals surface area contributed by atoms with Gasteiger partial charge in [0.25, 0.3) is 0 Å². The minimum absolute atomic E-state index is 0.423. The van der Waals surface area contributed by atoms with Crippen molar-refractivity contribution < 1.29 is 5.11 Å². The first-order valence-electron chi connectivity index (χ1n) is 7.10. The number of nitrogens with zero attached hydrogens (tertiary/aromatic N) is 3. The van der Waals surface area contributed by atoms with Crippen LogP contribution in [-0.4, -0.2) is 48.7 Å². The summed E-state index contributed by atoms with van der Waals surface area (Å²) in [5.74, 6) is 1.80. The maximum atomic E-state index is 9.64. The average molecular weight is 263 g/mol. The zero-order chi connectivity index (χ0) is 13.8. The van der Waals surface area contributed by atoms with Gasteiger partial charge >= 0.3 is 0 Å². The normalized spacial score (nSPS) is 18.9. The van der Waals surface area contributed by atoms with Crippen LogP contribution in [0.1, 0.15) is 31.4 Å². The molecular formula is C15H25N3O. The molecule has 2 rings (SSSR count). The number of aromatic nitrogens is 1. The Hall–Kier alpha value is -1.13. The molecule has 2 heterocycles. The molecule has 1 N–H and O–H groups in total. The van der Waals surface area contributed by atoms with Crippen molar-refractivity contribution in [2.45, 2.75) is 25.9 Å². The van der Waals surface area contributed by atoms with E-state index in [0.717, 1.165) is 30.4 Å². The molecule has 0 bridgehead atoms. The van der Waals surface area contributed by atoms with Gasteiger partial charge in [-0.3, -0.25) is 0 Å². The average Bonchev–Trinajstić information content (AvgIpc) is 2.39. The molecule has 0 amide bonds. The lowest BCUT2D eigenvalue weighted by molar-refractivity contribution is 0.199. The molecule has 1 fully saturated rings. The minimum Gasteiger partial charge on any atom is -0.389 e. The molecule has 1 aliphatic heterocycles. The lowest BCUT2D eigenvalue weighted by atomic mass is 9.96. The number of piperidine rings is 1. The second-order valence-electron chi connectivity index (χ2n) is 5.82. The third-order valence-electron chi connectivity index (χ3n) is 3.81. The Morgan fingerprint density at radius 3 is 2.68 bits per heavy atom. The fraction of sp³-hybridized carbons (Fsp3) is 0.667. The fourth-order valence-electron chi connectivity index (χ4n) is 2.73. The first kappa shape index (κ1) is 14.3. The van der Waals surface area contributed by atoms with Crippen LogP contribution >= 0.6 is 0 Å². The Morgan fingerprint density at radius 2 is 2.11 bits per heavy atom. The maximum absolute atomic E-state index is 9.64. The largest absolute Gasteiger partial charge is 0.389 e. The minimum atomic E-state index is -0.423. The predicted molar refractivity (Wildman–Crippen MR) is 78.4 cm³/mol. The Bertz CT molecular complexity index is 398. The van der Waals surface area contributed by atoms with E-state index in [1.165, 1.54) is 19.4 Å². The van der Waals surface area contributed by atoms with Crippen LogP contribution in [0.2, 0.25) is 0 Å². The van der Waals surface area contributed by atoms with Gasteiger partial charge in [-0.1, -0.05) is 0 Å². The molecule has 4 nitrogen and oxygen atoms in total. The fourth-order valence-corrected chi connectivity index (χ4v) is 2.73. The second-order valence-corrected chi connectivity index (χ2v) is 5.82. The summed E-state index contributed by atoms with van der Waals surface area (Å²) in [6.07, 6.45) is 3.81. The highest BCUT2D eigenvalue weighted by Gasteiger charge is 2.20. The lowest BCUT2D eigenvalue weighted by Gasteiger charge is -2.34. The van der Waals surface area contributed by atoms with Crippen LogP contribution < -0.4 is 4.90 Å². The van der Waals surface area contributed by atoms with E-state index in [2.05, 4.69) is 28.9 Å². The van der Waals surface area contributed by atoms with E-state index in [0.29, 0.717) is 0 Å². The summed E-state index contributed by atoms with van der Waals surface area (Å²) in [7, 11) is 4.28. The summed E-state index contributed by atoms with van der Waals surface area (Å²) >= 11 is 0. The number of hydrogen-bond donors (Lipinski definition) is 1. The van der Waals surface area contributed by atoms with Crippen molar-refractivity contribution in [1.29, 1.82) is 0 Å². The zero-order valence-electron chi connectivity index (χ0n) is 12.2. The molecule has 1 aromatic rings. The van der Waals surface area contributed by atoms with Crippen molar-refractivity contribution in [3.8, 4) is 0 Å². The van der Waals surface area contributed by atoms with E-state index in [1.807, 2.05) is 12.1 Å². The van der Waals surface area contributed by atoms with Gasteiger partial charge in [0.2, 0.25) is 0 Å². The third kappa shape index (κ3) is 3.91. The first-order valence-corrected chi connectivity index (χ1v) is 7.10. The Labute approximate surface area is 116 Å². The van der Waals surface area contributed by atoms with Crippen LogP contribution in [0.4, 0.5) is 5.82 Å². The second kappa shape index (κ2) is 6.35. The van der Waals surface area contributed by atoms with E-state index in [-0.39, 0.29) is 0 Å². The number of aliphatic hydroxyl groups is 1. The topological polar surface area (TPSA) is 39.6 Å². The van der Waals surface area contributed by atoms with Crippen molar-refractivity contribution in [1.82, 2.24) is 9.88 Å². The van der Waals surface area contributed by atoms with Crippen molar-refractivity contribution in [2.75, 3.05) is 38.6 Å². The first-order chi connectivity index (χ1) is 9.06. The summed E-state index contributed by atoms with van der Waals surface area (Å²) < 4.78 is 0. The standard InChI is InChI=1S/C15H25N3O/c1-12(19)14-4-7-16-15(10-14)18-8-5-13(6-9-18)11-17(2)3/h4,7,10,12-13,19H,5-6,8-9,11H2,1-3H3/t12-/m0/s1. The Balaban J connectivity index is 1.96. The van der Waals surface area contributed by atoms with Gasteiger partial charge in [0.15, 0.2) is 0 Å². The van der Waals surface area contributed by atoms with E-state index in [4.69, 9.17) is 0 Å². The third-order valence-corrected chi connectivity index (χ3v) is 3.81. The molecule has 0 spiro atoms. The van der Waals surface area contributed by atoms with Gasteiger partial charge < -0.3 is 14.9 Å². The molecule has 0 unspecified atom stereocenters. The summed E-state index contributed by atoms with van der Waals surface area (Å²) in [6.45, 7) is 5.10. The highest BCUT2D eigenvalue weighted by molar-refractivity contribution is 5.41. The van der Waals surface area contributed by atoms with Gasteiger partial charge in [-0.2, -0.15) is 0 Å². The molecule has 106 valence electrons. The summed E-state index contributed by atoms with van der Waals surface area (Å²) in [5.41, 5.74) is 0.945. The smallest absolute Gasteiger partial charge is 0.128 e. The number of pyridine rings is 1. The number of aliphatic hydroxyl groups excluding tert-OH is 1. The zero-order valence-corrected chi connectivity index (χ0v) is 12.2. The summed E-state index contributed by atoms with van der Waals surface area (Å²) in [6, 6.07) is 3.89. The predicted octanol–water partition coefficient (Wildman–Crippen LogP) is 1.91. The molecular weight excluding hydrogens is 238 g/mol. The van der Waals surface area contributed by atoms with Gasteiger partial charge in [0.1, 0.15) is 5.82 Å². The number of rotatable bonds is 4. The van der Waals surface area contributed by atoms with Crippen LogP contribution in [0.25, 0.3) is 0 Å². The van der Waals surface area contributed by atoms with Crippen LogP contribution in [-0.2, 0) is 0 Å². The quantitative estimate of drug-likeness (QED) is 0.901. The van der Waals surface area contributed by atoms with Gasteiger partial charge in [-0.15, -0.1) is 0 Å². The molecule has 0 radical (unpaired) electrons. The Morgan fingerprint density at radius 1 is 1.42 bits per heavy atom.